The van der Waals surface area contributed by atoms with E-state index in [4.69, 9.17) is 0 Å². The van der Waals surface area contributed by atoms with Crippen molar-refractivity contribution in [2.24, 2.45) is 0 Å². The van der Waals surface area contributed by atoms with Gasteiger partial charge in [-0.2, -0.15) is 13.2 Å². The van der Waals surface area contributed by atoms with Crippen LogP contribution in [-0.2, 0) is 16.0 Å². The molecule has 0 radical (unpaired) electrons. The van der Waals surface area contributed by atoms with E-state index in [1.165, 1.54) is 19.1 Å². The molecule has 1 N–H and O–H groups in total. The SMILES string of the molecule is CCCNC(c1cccc(C(F)(F)F)c1)C(C)S(C)(=O)=O. The van der Waals surface area contributed by atoms with Crippen LogP contribution >= 0.6 is 0 Å². The molecule has 2 unspecified atom stereocenters. The first-order valence-corrected chi connectivity index (χ1v) is 8.62. The number of halogens is 3. The van der Waals surface area contributed by atoms with Crippen molar-refractivity contribution < 1.29 is 21.6 Å². The van der Waals surface area contributed by atoms with E-state index in [2.05, 4.69) is 5.32 Å². The quantitative estimate of drug-likeness (QED) is 0.874. The Hall–Kier alpha value is -1.08. The molecule has 0 spiro atoms. The van der Waals surface area contributed by atoms with Gasteiger partial charge in [-0.25, -0.2) is 8.42 Å². The summed E-state index contributed by atoms with van der Waals surface area (Å²) in [6, 6.07) is 4.14. The molecular formula is C14H20F3NO2S. The second-order valence-electron chi connectivity index (χ2n) is 5.09. The Morgan fingerprint density at radius 1 is 1.29 bits per heavy atom. The van der Waals surface area contributed by atoms with Gasteiger partial charge in [0.15, 0.2) is 9.84 Å². The van der Waals surface area contributed by atoms with Crippen LogP contribution in [0.3, 0.4) is 0 Å². The van der Waals surface area contributed by atoms with Crippen molar-refractivity contribution in [2.45, 2.75) is 37.7 Å². The molecule has 0 fully saturated rings. The van der Waals surface area contributed by atoms with Crippen LogP contribution in [0.15, 0.2) is 24.3 Å². The summed E-state index contributed by atoms with van der Waals surface area (Å²) >= 11 is 0. The summed E-state index contributed by atoms with van der Waals surface area (Å²) in [5.41, 5.74) is -0.444. The third kappa shape index (κ3) is 5.00. The lowest BCUT2D eigenvalue weighted by Gasteiger charge is -2.25. The number of sulfone groups is 1. The zero-order chi connectivity index (χ0) is 16.3. The molecule has 0 saturated heterocycles. The van der Waals surface area contributed by atoms with Crippen molar-refractivity contribution in [1.82, 2.24) is 5.32 Å². The highest BCUT2D eigenvalue weighted by molar-refractivity contribution is 7.91. The summed E-state index contributed by atoms with van der Waals surface area (Å²) in [5, 5.41) is 2.21. The van der Waals surface area contributed by atoms with E-state index in [9.17, 15) is 21.6 Å². The average molecular weight is 323 g/mol. The second-order valence-corrected chi connectivity index (χ2v) is 7.49. The molecule has 0 aliphatic heterocycles. The molecule has 0 heterocycles. The minimum absolute atomic E-state index is 0.330. The van der Waals surface area contributed by atoms with Crippen molar-refractivity contribution in [1.29, 1.82) is 0 Å². The van der Waals surface area contributed by atoms with E-state index in [1.54, 1.807) is 0 Å². The van der Waals surface area contributed by atoms with Gasteiger partial charge in [-0.3, -0.25) is 0 Å². The molecule has 3 nitrogen and oxygen atoms in total. The fourth-order valence-electron chi connectivity index (χ4n) is 2.01. The van der Waals surface area contributed by atoms with Crippen LogP contribution in [0.2, 0.25) is 0 Å². The molecule has 0 aliphatic rings. The molecule has 2 atom stereocenters. The van der Waals surface area contributed by atoms with Crippen molar-refractivity contribution in [3.8, 4) is 0 Å². The van der Waals surface area contributed by atoms with Crippen molar-refractivity contribution >= 4 is 9.84 Å². The molecule has 21 heavy (non-hydrogen) atoms. The zero-order valence-electron chi connectivity index (χ0n) is 12.2. The van der Waals surface area contributed by atoms with Gasteiger partial charge in [-0.15, -0.1) is 0 Å². The van der Waals surface area contributed by atoms with Gasteiger partial charge in [-0.05, 0) is 37.6 Å². The number of hydrogen-bond acceptors (Lipinski definition) is 3. The summed E-state index contributed by atoms with van der Waals surface area (Å²) in [7, 11) is -3.37. The fourth-order valence-corrected chi connectivity index (χ4v) is 2.76. The van der Waals surface area contributed by atoms with Gasteiger partial charge >= 0.3 is 6.18 Å². The molecule has 0 aliphatic carbocycles. The van der Waals surface area contributed by atoms with Crippen LogP contribution in [-0.4, -0.2) is 26.5 Å². The normalized spacial score (nSPS) is 15.7. The Balaban J connectivity index is 3.20. The summed E-state index contributed by atoms with van der Waals surface area (Å²) in [5.74, 6) is 0. The molecule has 0 saturated carbocycles. The highest BCUT2D eigenvalue weighted by atomic mass is 32.2. The molecule has 0 aromatic heterocycles. The third-order valence-electron chi connectivity index (χ3n) is 3.33. The first-order chi connectivity index (χ1) is 9.57. The zero-order valence-corrected chi connectivity index (χ0v) is 13.1. The predicted molar refractivity (Wildman–Crippen MR) is 76.8 cm³/mol. The van der Waals surface area contributed by atoms with Gasteiger partial charge in [0.1, 0.15) is 0 Å². The van der Waals surface area contributed by atoms with Crippen molar-refractivity contribution in [3.63, 3.8) is 0 Å². The van der Waals surface area contributed by atoms with E-state index in [0.717, 1.165) is 24.8 Å². The Kier molecular flexibility index (Phi) is 5.81. The van der Waals surface area contributed by atoms with Crippen LogP contribution in [0.1, 0.15) is 37.4 Å². The van der Waals surface area contributed by atoms with Gasteiger partial charge < -0.3 is 5.32 Å². The third-order valence-corrected chi connectivity index (χ3v) is 4.95. The molecule has 1 rings (SSSR count). The average Bonchev–Trinajstić information content (AvgIpc) is 2.37. The summed E-state index contributed by atoms with van der Waals surface area (Å²) < 4.78 is 61.8. The molecule has 7 heteroatoms. The number of hydrogen-bond donors (Lipinski definition) is 1. The van der Waals surface area contributed by atoms with Gasteiger partial charge in [0.05, 0.1) is 10.8 Å². The molecule has 0 amide bonds. The Bertz CT molecular complexity index is 570. The first-order valence-electron chi connectivity index (χ1n) is 6.66. The van der Waals surface area contributed by atoms with Gasteiger partial charge in [-0.1, -0.05) is 19.1 Å². The smallest absolute Gasteiger partial charge is 0.309 e. The van der Waals surface area contributed by atoms with E-state index >= 15 is 0 Å². The molecule has 0 bridgehead atoms. The lowest BCUT2D eigenvalue weighted by atomic mass is 10.0. The largest absolute Gasteiger partial charge is 0.416 e. The number of rotatable bonds is 6. The Morgan fingerprint density at radius 3 is 2.38 bits per heavy atom. The van der Waals surface area contributed by atoms with Crippen LogP contribution in [0, 0.1) is 0 Å². The topological polar surface area (TPSA) is 46.2 Å². The molecule has 1 aromatic carbocycles. The highest BCUT2D eigenvalue weighted by Gasteiger charge is 2.32. The highest BCUT2D eigenvalue weighted by Crippen LogP contribution is 2.32. The molecule has 120 valence electrons. The van der Waals surface area contributed by atoms with Crippen molar-refractivity contribution in [3.05, 3.63) is 35.4 Å². The van der Waals surface area contributed by atoms with Crippen molar-refractivity contribution in [2.75, 3.05) is 12.8 Å². The lowest BCUT2D eigenvalue weighted by Crippen LogP contribution is -2.35. The van der Waals surface area contributed by atoms with Crippen LogP contribution in [0.25, 0.3) is 0 Å². The predicted octanol–water partition coefficient (Wildman–Crippen LogP) is 3.18. The lowest BCUT2D eigenvalue weighted by molar-refractivity contribution is -0.137. The van der Waals surface area contributed by atoms with E-state index in [0.29, 0.717) is 12.1 Å². The summed E-state index contributed by atoms with van der Waals surface area (Å²) in [6.45, 7) is 3.94. The maximum absolute atomic E-state index is 12.8. The number of nitrogens with one attached hydrogen (secondary N) is 1. The Labute approximate surface area is 123 Å². The standard InChI is InChI=1S/C14H20F3NO2S/c1-4-8-18-13(10(2)21(3,19)20)11-6-5-7-12(9-11)14(15,16)17/h5-7,9-10,13,18H,4,8H2,1-3H3. The Morgan fingerprint density at radius 2 is 1.90 bits per heavy atom. The van der Waals surface area contributed by atoms with E-state index in [1.807, 2.05) is 6.92 Å². The fraction of sp³-hybridized carbons (Fsp3) is 0.571. The van der Waals surface area contributed by atoms with E-state index < -0.39 is 32.9 Å². The monoisotopic (exact) mass is 323 g/mol. The molecular weight excluding hydrogens is 303 g/mol. The van der Waals surface area contributed by atoms with Crippen LogP contribution in [0.4, 0.5) is 13.2 Å². The van der Waals surface area contributed by atoms with Crippen LogP contribution < -0.4 is 5.32 Å². The van der Waals surface area contributed by atoms with Gasteiger partial charge in [0.25, 0.3) is 0 Å². The maximum atomic E-state index is 12.8. The minimum Gasteiger partial charge on any atom is -0.309 e. The number of alkyl halides is 3. The first kappa shape index (κ1) is 18.0. The summed E-state index contributed by atoms with van der Waals surface area (Å²) in [6.07, 6.45) is -2.60. The number of benzene rings is 1. The second kappa shape index (κ2) is 6.79. The van der Waals surface area contributed by atoms with E-state index in [-0.39, 0.29) is 0 Å². The van der Waals surface area contributed by atoms with Crippen LogP contribution in [0.5, 0.6) is 0 Å². The molecule has 1 aromatic rings. The van der Waals surface area contributed by atoms with Gasteiger partial charge in [0.2, 0.25) is 0 Å². The summed E-state index contributed by atoms with van der Waals surface area (Å²) in [4.78, 5) is 0. The maximum Gasteiger partial charge on any atom is 0.416 e. The van der Waals surface area contributed by atoms with Gasteiger partial charge in [0, 0.05) is 12.3 Å². The minimum atomic E-state index is -4.44.